The molecule has 0 fully saturated rings. The van der Waals surface area contributed by atoms with E-state index in [1.807, 2.05) is 6.92 Å². The normalized spacial score (nSPS) is 13.3. The Bertz CT molecular complexity index is 421. The van der Waals surface area contributed by atoms with Gasteiger partial charge in [0.25, 0.3) is 0 Å². The van der Waals surface area contributed by atoms with Gasteiger partial charge in [-0.1, -0.05) is 13.0 Å². The maximum atomic E-state index is 13.0. The van der Waals surface area contributed by atoms with Crippen LogP contribution in [0.1, 0.15) is 25.0 Å². The first-order chi connectivity index (χ1) is 9.34. The van der Waals surface area contributed by atoms with Gasteiger partial charge in [-0.2, -0.15) is 24.9 Å². The molecule has 1 unspecified atom stereocenters. The number of nitrogens with two attached hydrogens (primary N) is 1. The predicted octanol–water partition coefficient (Wildman–Crippen LogP) is 3.73. The molecule has 0 radical (unpaired) electrons. The largest absolute Gasteiger partial charge is 0.492 e. The van der Waals surface area contributed by atoms with Crippen molar-refractivity contribution in [1.82, 2.24) is 0 Å². The molecular weight excluding hydrogens is 287 g/mol. The molecule has 0 aliphatic rings. The molecule has 20 heavy (non-hydrogen) atoms. The molecule has 0 saturated carbocycles. The van der Waals surface area contributed by atoms with Gasteiger partial charge in [-0.15, -0.1) is 0 Å². The Kier molecular flexibility index (Phi) is 6.68. The number of rotatable bonds is 7. The summed E-state index contributed by atoms with van der Waals surface area (Å²) in [6.45, 7) is 4.03. The van der Waals surface area contributed by atoms with Crippen molar-refractivity contribution in [2.45, 2.75) is 32.5 Å². The number of hydrogen-bond donors (Lipinski definition) is 1. The maximum absolute atomic E-state index is 13.0. The highest BCUT2D eigenvalue weighted by Crippen LogP contribution is 2.37. The molecule has 2 nitrogen and oxygen atoms in total. The van der Waals surface area contributed by atoms with Crippen LogP contribution in [0.3, 0.4) is 0 Å². The number of thioether (sulfide) groups is 1. The van der Waals surface area contributed by atoms with Gasteiger partial charge in [0.1, 0.15) is 5.75 Å². The van der Waals surface area contributed by atoms with Gasteiger partial charge in [0, 0.05) is 11.8 Å². The summed E-state index contributed by atoms with van der Waals surface area (Å²) in [5.74, 6) is 1.49. The fourth-order valence-electron chi connectivity index (χ4n) is 1.78. The Balaban J connectivity index is 2.87. The predicted molar refractivity (Wildman–Crippen MR) is 77.3 cm³/mol. The molecule has 1 aromatic carbocycles. The van der Waals surface area contributed by atoms with Crippen LogP contribution in [0.15, 0.2) is 18.2 Å². The van der Waals surface area contributed by atoms with E-state index in [-0.39, 0.29) is 18.4 Å². The van der Waals surface area contributed by atoms with E-state index in [2.05, 4.69) is 0 Å². The zero-order valence-electron chi connectivity index (χ0n) is 11.7. The summed E-state index contributed by atoms with van der Waals surface area (Å²) in [4.78, 5) is 0. The molecule has 0 heterocycles. The molecule has 1 rings (SSSR count). The van der Waals surface area contributed by atoms with Gasteiger partial charge in [0.2, 0.25) is 0 Å². The molecule has 114 valence electrons. The molecule has 1 atom stereocenters. The number of hydrogen-bond acceptors (Lipinski definition) is 3. The Morgan fingerprint density at radius 2 is 2.05 bits per heavy atom. The van der Waals surface area contributed by atoms with Crippen LogP contribution < -0.4 is 10.5 Å². The van der Waals surface area contributed by atoms with Crippen LogP contribution in [0, 0.1) is 0 Å². The third-order valence-corrected chi connectivity index (χ3v) is 3.46. The summed E-state index contributed by atoms with van der Waals surface area (Å²) in [6.07, 6.45) is -4.00. The van der Waals surface area contributed by atoms with Gasteiger partial charge >= 0.3 is 6.18 Å². The van der Waals surface area contributed by atoms with E-state index in [0.29, 0.717) is 17.7 Å². The first-order valence-electron chi connectivity index (χ1n) is 6.50. The average Bonchev–Trinajstić information content (AvgIpc) is 2.34. The van der Waals surface area contributed by atoms with Crippen molar-refractivity contribution in [3.05, 3.63) is 29.3 Å². The van der Waals surface area contributed by atoms with Crippen molar-refractivity contribution in [2.75, 3.05) is 18.1 Å². The Hall–Kier alpha value is -0.880. The van der Waals surface area contributed by atoms with E-state index in [0.717, 1.165) is 11.8 Å². The first-order valence-corrected chi connectivity index (χ1v) is 7.66. The van der Waals surface area contributed by atoms with E-state index in [4.69, 9.17) is 10.5 Å². The van der Waals surface area contributed by atoms with Crippen molar-refractivity contribution >= 4 is 11.8 Å². The van der Waals surface area contributed by atoms with E-state index >= 15 is 0 Å². The van der Waals surface area contributed by atoms with E-state index in [1.54, 1.807) is 24.8 Å². The second kappa shape index (κ2) is 7.78. The Labute approximate surface area is 121 Å². The SMILES string of the molecule is CCSCCOc1ccc(CC(C)N)cc1C(F)(F)F. The average molecular weight is 307 g/mol. The van der Waals surface area contributed by atoms with Crippen molar-refractivity contribution in [3.63, 3.8) is 0 Å². The fourth-order valence-corrected chi connectivity index (χ4v) is 2.27. The van der Waals surface area contributed by atoms with Crippen LogP contribution in [0.2, 0.25) is 0 Å². The molecule has 0 bridgehead atoms. The lowest BCUT2D eigenvalue weighted by atomic mass is 10.0. The monoisotopic (exact) mass is 307 g/mol. The van der Waals surface area contributed by atoms with Gasteiger partial charge in [-0.25, -0.2) is 0 Å². The summed E-state index contributed by atoms with van der Waals surface area (Å²) >= 11 is 1.63. The lowest BCUT2D eigenvalue weighted by molar-refractivity contribution is -0.138. The summed E-state index contributed by atoms with van der Waals surface area (Å²) < 4.78 is 44.3. The number of benzene rings is 1. The first kappa shape index (κ1) is 17.2. The molecule has 6 heteroatoms. The standard InChI is InChI=1S/C14H20F3NOS/c1-3-20-7-6-19-13-5-4-11(8-10(2)18)9-12(13)14(15,16)17/h4-5,9-10H,3,6-8,18H2,1-2H3. The number of ether oxygens (including phenoxy) is 1. The van der Waals surface area contributed by atoms with Crippen LogP contribution in [-0.4, -0.2) is 24.2 Å². The molecule has 0 saturated heterocycles. The molecular formula is C14H20F3NOS. The van der Waals surface area contributed by atoms with Crippen LogP contribution in [0.25, 0.3) is 0 Å². The van der Waals surface area contributed by atoms with E-state index in [9.17, 15) is 13.2 Å². The molecule has 0 amide bonds. The van der Waals surface area contributed by atoms with Gasteiger partial charge in [-0.05, 0) is 36.8 Å². The van der Waals surface area contributed by atoms with Crippen molar-refractivity contribution in [3.8, 4) is 5.75 Å². The summed E-state index contributed by atoms with van der Waals surface area (Å²) in [7, 11) is 0. The second-order valence-corrected chi connectivity index (χ2v) is 5.95. The molecule has 0 aliphatic carbocycles. The third-order valence-electron chi connectivity index (χ3n) is 2.60. The fraction of sp³-hybridized carbons (Fsp3) is 0.571. The number of halogens is 3. The summed E-state index contributed by atoms with van der Waals surface area (Å²) in [5.41, 5.74) is 5.47. The summed E-state index contributed by atoms with van der Waals surface area (Å²) in [5, 5.41) is 0. The molecule has 1 aromatic rings. The number of alkyl halides is 3. The highest BCUT2D eigenvalue weighted by atomic mass is 32.2. The lowest BCUT2D eigenvalue weighted by Gasteiger charge is -2.16. The Morgan fingerprint density at radius 1 is 1.35 bits per heavy atom. The smallest absolute Gasteiger partial charge is 0.419 e. The van der Waals surface area contributed by atoms with E-state index in [1.165, 1.54) is 6.07 Å². The highest BCUT2D eigenvalue weighted by Gasteiger charge is 2.34. The van der Waals surface area contributed by atoms with Crippen LogP contribution >= 0.6 is 11.8 Å². The lowest BCUT2D eigenvalue weighted by Crippen LogP contribution is -2.18. The van der Waals surface area contributed by atoms with Crippen molar-refractivity contribution in [1.29, 1.82) is 0 Å². The highest BCUT2D eigenvalue weighted by molar-refractivity contribution is 7.99. The third kappa shape index (κ3) is 5.63. The van der Waals surface area contributed by atoms with Gasteiger partial charge < -0.3 is 10.5 Å². The molecule has 0 aliphatic heterocycles. The van der Waals surface area contributed by atoms with Gasteiger partial charge in [0.15, 0.2) is 0 Å². The quantitative estimate of drug-likeness (QED) is 0.780. The van der Waals surface area contributed by atoms with Crippen LogP contribution in [0.5, 0.6) is 5.75 Å². The molecule has 2 N–H and O–H groups in total. The zero-order chi connectivity index (χ0) is 15.2. The Morgan fingerprint density at radius 3 is 2.60 bits per heavy atom. The van der Waals surface area contributed by atoms with Crippen LogP contribution in [-0.2, 0) is 12.6 Å². The van der Waals surface area contributed by atoms with Gasteiger partial charge in [-0.3, -0.25) is 0 Å². The van der Waals surface area contributed by atoms with Crippen molar-refractivity contribution < 1.29 is 17.9 Å². The molecule has 0 spiro atoms. The molecule has 0 aromatic heterocycles. The van der Waals surface area contributed by atoms with E-state index < -0.39 is 11.7 Å². The maximum Gasteiger partial charge on any atom is 0.419 e. The second-order valence-electron chi connectivity index (χ2n) is 4.56. The topological polar surface area (TPSA) is 35.2 Å². The van der Waals surface area contributed by atoms with Crippen LogP contribution in [0.4, 0.5) is 13.2 Å². The summed E-state index contributed by atoms with van der Waals surface area (Å²) in [6, 6.07) is 3.98. The zero-order valence-corrected chi connectivity index (χ0v) is 12.5. The van der Waals surface area contributed by atoms with Crippen molar-refractivity contribution in [2.24, 2.45) is 5.73 Å². The van der Waals surface area contributed by atoms with Gasteiger partial charge in [0.05, 0.1) is 12.2 Å². The minimum atomic E-state index is -4.42. The minimum Gasteiger partial charge on any atom is -0.492 e. The minimum absolute atomic E-state index is 0.109.